The van der Waals surface area contributed by atoms with Gasteiger partial charge >= 0.3 is 5.97 Å². The molecule has 1 aliphatic rings. The number of halogens is 1. The number of rotatable bonds is 5. The van der Waals surface area contributed by atoms with Crippen molar-refractivity contribution in [2.45, 2.75) is 25.0 Å². The van der Waals surface area contributed by atoms with Crippen LogP contribution in [0.3, 0.4) is 0 Å². The topological polar surface area (TPSA) is 102 Å². The third kappa shape index (κ3) is 3.45. The summed E-state index contributed by atoms with van der Waals surface area (Å²) in [5.74, 6) is -0.970. The van der Waals surface area contributed by atoms with Gasteiger partial charge in [-0.2, -0.15) is 0 Å². The molecule has 0 saturated carbocycles. The number of hydrogen-bond donors (Lipinski definition) is 2. The van der Waals surface area contributed by atoms with Crippen LogP contribution in [0, 0.1) is 10.1 Å². The van der Waals surface area contributed by atoms with Crippen molar-refractivity contribution >= 4 is 33.3 Å². The Kier molecular flexibility index (Phi) is 4.56. The largest absolute Gasteiger partial charge is 0.479 e. The van der Waals surface area contributed by atoms with Crippen LogP contribution in [-0.2, 0) is 9.53 Å². The first-order chi connectivity index (χ1) is 9.47. The van der Waals surface area contributed by atoms with Crippen molar-refractivity contribution in [2.75, 3.05) is 11.9 Å². The molecular weight excluding hydrogens is 332 g/mol. The lowest BCUT2D eigenvalue weighted by Crippen LogP contribution is -2.24. The van der Waals surface area contributed by atoms with Crippen molar-refractivity contribution in [3.05, 3.63) is 32.8 Å². The zero-order valence-electron chi connectivity index (χ0n) is 10.4. The number of carboxylic acid groups (broad SMARTS) is 1. The smallest absolute Gasteiger partial charge is 0.332 e. The lowest BCUT2D eigenvalue weighted by Gasteiger charge is -2.13. The number of ether oxygens (including phenoxy) is 1. The highest BCUT2D eigenvalue weighted by atomic mass is 79.9. The van der Waals surface area contributed by atoms with Crippen LogP contribution in [-0.4, -0.2) is 34.8 Å². The predicted octanol–water partition coefficient (Wildman–Crippen LogP) is 2.40. The minimum atomic E-state index is -0.970. The minimum absolute atomic E-state index is 0.0350. The molecule has 0 radical (unpaired) electrons. The Morgan fingerprint density at radius 1 is 1.55 bits per heavy atom. The second-order valence-electron chi connectivity index (χ2n) is 4.46. The van der Waals surface area contributed by atoms with Crippen LogP contribution in [0.1, 0.15) is 12.8 Å². The molecule has 2 atom stereocenters. The van der Waals surface area contributed by atoms with E-state index in [0.717, 1.165) is 0 Å². The molecule has 1 saturated heterocycles. The molecule has 0 aromatic heterocycles. The number of benzene rings is 1. The molecule has 2 unspecified atom stereocenters. The van der Waals surface area contributed by atoms with Crippen LogP contribution in [0.4, 0.5) is 11.4 Å². The van der Waals surface area contributed by atoms with Crippen LogP contribution < -0.4 is 5.32 Å². The number of anilines is 1. The summed E-state index contributed by atoms with van der Waals surface area (Å²) in [5, 5.41) is 22.7. The third-order valence-electron chi connectivity index (χ3n) is 3.06. The molecule has 20 heavy (non-hydrogen) atoms. The van der Waals surface area contributed by atoms with Crippen molar-refractivity contribution in [1.82, 2.24) is 0 Å². The molecule has 1 aromatic rings. The summed E-state index contributed by atoms with van der Waals surface area (Å²) in [6.45, 7) is 0.340. The van der Waals surface area contributed by atoms with Gasteiger partial charge in [0, 0.05) is 17.1 Å². The van der Waals surface area contributed by atoms with Crippen molar-refractivity contribution in [1.29, 1.82) is 0 Å². The number of nitrogens with one attached hydrogen (secondary N) is 1. The molecular formula is C12H13BrN2O5. The first-order valence-corrected chi connectivity index (χ1v) is 6.82. The molecule has 1 aromatic carbocycles. The molecule has 1 aliphatic heterocycles. The van der Waals surface area contributed by atoms with E-state index in [1.165, 1.54) is 6.07 Å². The van der Waals surface area contributed by atoms with E-state index in [0.29, 0.717) is 29.5 Å². The molecule has 7 nitrogen and oxygen atoms in total. The van der Waals surface area contributed by atoms with Crippen LogP contribution in [0.5, 0.6) is 0 Å². The molecule has 2 N–H and O–H groups in total. The average molecular weight is 345 g/mol. The molecule has 1 fully saturated rings. The Hall–Kier alpha value is -1.67. The summed E-state index contributed by atoms with van der Waals surface area (Å²) in [6.07, 6.45) is 0.0549. The zero-order chi connectivity index (χ0) is 14.7. The Balaban J connectivity index is 1.98. The fourth-order valence-corrected chi connectivity index (χ4v) is 2.42. The zero-order valence-corrected chi connectivity index (χ0v) is 12.0. The van der Waals surface area contributed by atoms with Gasteiger partial charge in [0.05, 0.1) is 11.0 Å². The van der Waals surface area contributed by atoms with Gasteiger partial charge in [-0.1, -0.05) is 15.9 Å². The van der Waals surface area contributed by atoms with E-state index < -0.39 is 17.0 Å². The Morgan fingerprint density at radius 2 is 2.30 bits per heavy atom. The molecule has 0 amide bonds. The van der Waals surface area contributed by atoms with Crippen LogP contribution >= 0.6 is 15.9 Å². The fraction of sp³-hybridized carbons (Fsp3) is 0.417. The van der Waals surface area contributed by atoms with Gasteiger partial charge in [0.1, 0.15) is 5.69 Å². The van der Waals surface area contributed by atoms with E-state index in [4.69, 9.17) is 9.84 Å². The Bertz CT molecular complexity index is 537. The second kappa shape index (κ2) is 6.19. The molecule has 8 heteroatoms. The minimum Gasteiger partial charge on any atom is -0.479 e. The fourth-order valence-electron chi connectivity index (χ4n) is 2.07. The molecule has 2 rings (SSSR count). The molecule has 0 aliphatic carbocycles. The van der Waals surface area contributed by atoms with Gasteiger partial charge in [-0.05, 0) is 25.0 Å². The normalized spacial score (nSPS) is 21.6. The van der Waals surface area contributed by atoms with E-state index in [2.05, 4.69) is 21.2 Å². The highest BCUT2D eigenvalue weighted by Gasteiger charge is 2.30. The number of nitrogens with zero attached hydrogens (tertiary/aromatic N) is 1. The first kappa shape index (κ1) is 14.7. The number of nitro groups is 1. The SMILES string of the molecule is O=C(O)C1CCC(CNc2ccc(Br)cc2[N+](=O)[O-])O1. The molecule has 108 valence electrons. The van der Waals surface area contributed by atoms with Crippen molar-refractivity contribution in [3.8, 4) is 0 Å². The van der Waals surface area contributed by atoms with E-state index in [9.17, 15) is 14.9 Å². The van der Waals surface area contributed by atoms with E-state index in [1.807, 2.05) is 0 Å². The number of nitro benzene ring substituents is 1. The van der Waals surface area contributed by atoms with Gasteiger partial charge in [-0.15, -0.1) is 0 Å². The Morgan fingerprint density at radius 3 is 2.90 bits per heavy atom. The number of carboxylic acids is 1. The summed E-state index contributed by atoms with van der Waals surface area (Å²) >= 11 is 3.18. The van der Waals surface area contributed by atoms with Gasteiger partial charge in [0.2, 0.25) is 0 Å². The summed E-state index contributed by atoms with van der Waals surface area (Å²) in [7, 11) is 0. The lowest BCUT2D eigenvalue weighted by molar-refractivity contribution is -0.384. The van der Waals surface area contributed by atoms with Crippen LogP contribution in [0.2, 0.25) is 0 Å². The van der Waals surface area contributed by atoms with E-state index in [1.54, 1.807) is 12.1 Å². The predicted molar refractivity (Wildman–Crippen MR) is 74.8 cm³/mol. The van der Waals surface area contributed by atoms with Crippen LogP contribution in [0.15, 0.2) is 22.7 Å². The maximum Gasteiger partial charge on any atom is 0.332 e. The summed E-state index contributed by atoms with van der Waals surface area (Å²) in [4.78, 5) is 21.2. The Labute approximate surface area is 123 Å². The maximum absolute atomic E-state index is 10.9. The lowest BCUT2D eigenvalue weighted by atomic mass is 10.2. The van der Waals surface area contributed by atoms with Crippen molar-refractivity contribution in [2.24, 2.45) is 0 Å². The number of hydrogen-bond acceptors (Lipinski definition) is 5. The van der Waals surface area contributed by atoms with E-state index in [-0.39, 0.29) is 11.8 Å². The summed E-state index contributed by atoms with van der Waals surface area (Å²) < 4.78 is 5.95. The highest BCUT2D eigenvalue weighted by molar-refractivity contribution is 9.10. The summed E-state index contributed by atoms with van der Waals surface area (Å²) in [5.41, 5.74) is 0.354. The second-order valence-corrected chi connectivity index (χ2v) is 5.38. The quantitative estimate of drug-likeness (QED) is 0.628. The number of aliphatic carboxylic acids is 1. The summed E-state index contributed by atoms with van der Waals surface area (Å²) in [6, 6.07) is 4.72. The molecule has 0 bridgehead atoms. The van der Waals surface area contributed by atoms with Gasteiger partial charge in [0.15, 0.2) is 6.10 Å². The first-order valence-electron chi connectivity index (χ1n) is 6.03. The highest BCUT2D eigenvalue weighted by Crippen LogP contribution is 2.28. The van der Waals surface area contributed by atoms with Gasteiger partial charge in [-0.3, -0.25) is 10.1 Å². The standard InChI is InChI=1S/C12H13BrN2O5/c13-7-1-3-9(10(5-7)15(18)19)14-6-8-2-4-11(20-8)12(16)17/h1,3,5,8,11,14H,2,4,6H2,(H,16,17). The average Bonchev–Trinajstić information content (AvgIpc) is 2.86. The third-order valence-corrected chi connectivity index (χ3v) is 3.55. The van der Waals surface area contributed by atoms with Gasteiger partial charge in [0.25, 0.3) is 5.69 Å². The monoisotopic (exact) mass is 344 g/mol. The maximum atomic E-state index is 10.9. The molecule has 0 spiro atoms. The van der Waals surface area contributed by atoms with Crippen molar-refractivity contribution < 1.29 is 19.6 Å². The van der Waals surface area contributed by atoms with Gasteiger partial charge < -0.3 is 15.2 Å². The van der Waals surface area contributed by atoms with E-state index >= 15 is 0 Å². The van der Waals surface area contributed by atoms with Crippen molar-refractivity contribution in [3.63, 3.8) is 0 Å². The molecule has 1 heterocycles. The van der Waals surface area contributed by atoms with Gasteiger partial charge in [-0.25, -0.2) is 4.79 Å². The number of carbonyl (C=O) groups is 1. The van der Waals surface area contributed by atoms with Crippen LogP contribution in [0.25, 0.3) is 0 Å².